The monoisotopic (exact) mass is 274 g/mol. The SMILES string of the molecule is Cc1cc2ccccc2n1CC(=O)NC(C)(C)CCO. The summed E-state index contributed by atoms with van der Waals surface area (Å²) in [6.07, 6.45) is 0.546. The van der Waals surface area contributed by atoms with Crippen LogP contribution in [0.4, 0.5) is 0 Å². The second kappa shape index (κ2) is 5.67. The maximum Gasteiger partial charge on any atom is 0.240 e. The van der Waals surface area contributed by atoms with Gasteiger partial charge in [-0.3, -0.25) is 4.79 Å². The number of carbonyl (C=O) groups excluding carboxylic acids is 1. The first kappa shape index (κ1) is 14.6. The molecule has 1 aromatic carbocycles. The van der Waals surface area contributed by atoms with Crippen molar-refractivity contribution < 1.29 is 9.90 Å². The van der Waals surface area contributed by atoms with Crippen molar-refractivity contribution in [2.75, 3.05) is 6.61 Å². The molecule has 0 radical (unpaired) electrons. The number of benzene rings is 1. The summed E-state index contributed by atoms with van der Waals surface area (Å²) in [6, 6.07) is 10.1. The number of aryl methyl sites for hydroxylation is 1. The van der Waals surface area contributed by atoms with Crippen molar-refractivity contribution in [1.82, 2.24) is 9.88 Å². The average molecular weight is 274 g/mol. The number of nitrogens with one attached hydrogen (secondary N) is 1. The topological polar surface area (TPSA) is 54.3 Å². The summed E-state index contributed by atoms with van der Waals surface area (Å²) in [5, 5.41) is 13.1. The molecule has 1 aromatic heterocycles. The van der Waals surface area contributed by atoms with Gasteiger partial charge in [0.2, 0.25) is 5.91 Å². The van der Waals surface area contributed by atoms with Gasteiger partial charge in [0.05, 0.1) is 0 Å². The number of hydrogen-bond acceptors (Lipinski definition) is 2. The van der Waals surface area contributed by atoms with E-state index in [4.69, 9.17) is 5.11 Å². The summed E-state index contributed by atoms with van der Waals surface area (Å²) >= 11 is 0. The molecule has 2 rings (SSSR count). The summed E-state index contributed by atoms with van der Waals surface area (Å²) in [7, 11) is 0. The van der Waals surface area contributed by atoms with Crippen LogP contribution in [0.2, 0.25) is 0 Å². The largest absolute Gasteiger partial charge is 0.396 e. The molecule has 0 atom stereocenters. The summed E-state index contributed by atoms with van der Waals surface area (Å²) in [5.41, 5.74) is 1.75. The van der Waals surface area contributed by atoms with Crippen LogP contribution in [-0.4, -0.2) is 27.7 Å². The van der Waals surface area contributed by atoms with E-state index < -0.39 is 0 Å². The highest BCUT2D eigenvalue weighted by molar-refractivity contribution is 5.84. The zero-order valence-corrected chi connectivity index (χ0v) is 12.3. The van der Waals surface area contributed by atoms with Crippen molar-refractivity contribution in [3.8, 4) is 0 Å². The lowest BCUT2D eigenvalue weighted by atomic mass is 10.0. The first-order valence-corrected chi connectivity index (χ1v) is 6.90. The fourth-order valence-electron chi connectivity index (χ4n) is 2.46. The summed E-state index contributed by atoms with van der Waals surface area (Å²) in [4.78, 5) is 12.2. The van der Waals surface area contributed by atoms with Gasteiger partial charge in [0, 0.05) is 23.4 Å². The lowest BCUT2D eigenvalue weighted by Gasteiger charge is -2.25. The van der Waals surface area contributed by atoms with E-state index in [-0.39, 0.29) is 18.1 Å². The Morgan fingerprint density at radius 3 is 2.75 bits per heavy atom. The van der Waals surface area contributed by atoms with Gasteiger partial charge in [-0.15, -0.1) is 0 Å². The highest BCUT2D eigenvalue weighted by Gasteiger charge is 2.20. The molecule has 0 unspecified atom stereocenters. The van der Waals surface area contributed by atoms with Crippen LogP contribution in [0, 0.1) is 6.92 Å². The van der Waals surface area contributed by atoms with Crippen LogP contribution < -0.4 is 5.32 Å². The first-order valence-electron chi connectivity index (χ1n) is 6.90. The van der Waals surface area contributed by atoms with Gasteiger partial charge in [0.25, 0.3) is 0 Å². The van der Waals surface area contributed by atoms with Crippen LogP contribution in [0.5, 0.6) is 0 Å². The second-order valence-corrected chi connectivity index (χ2v) is 5.84. The Labute approximate surface area is 119 Å². The minimum atomic E-state index is -0.386. The number of aromatic nitrogens is 1. The molecule has 4 heteroatoms. The van der Waals surface area contributed by atoms with E-state index in [1.165, 1.54) is 0 Å². The molecule has 1 heterocycles. The van der Waals surface area contributed by atoms with Crippen LogP contribution in [0.3, 0.4) is 0 Å². The molecule has 108 valence electrons. The van der Waals surface area contributed by atoms with Gasteiger partial charge in [-0.25, -0.2) is 0 Å². The zero-order chi connectivity index (χ0) is 14.8. The van der Waals surface area contributed by atoms with Crippen LogP contribution in [0.1, 0.15) is 26.0 Å². The number of fused-ring (bicyclic) bond motifs is 1. The Balaban J connectivity index is 2.16. The number of nitrogens with zero attached hydrogens (tertiary/aromatic N) is 1. The Hall–Kier alpha value is -1.81. The predicted molar refractivity (Wildman–Crippen MR) is 80.6 cm³/mol. The molecule has 0 aliphatic heterocycles. The third-order valence-corrected chi connectivity index (χ3v) is 3.53. The van der Waals surface area contributed by atoms with Crippen molar-refractivity contribution in [3.05, 3.63) is 36.0 Å². The van der Waals surface area contributed by atoms with Gasteiger partial charge in [0.1, 0.15) is 6.54 Å². The molecule has 0 fully saturated rings. The van der Waals surface area contributed by atoms with Crippen molar-refractivity contribution >= 4 is 16.8 Å². The quantitative estimate of drug-likeness (QED) is 0.878. The Morgan fingerprint density at radius 1 is 1.35 bits per heavy atom. The van der Waals surface area contributed by atoms with Crippen molar-refractivity contribution in [2.45, 2.75) is 39.3 Å². The summed E-state index contributed by atoms with van der Waals surface area (Å²) < 4.78 is 2.01. The third-order valence-electron chi connectivity index (χ3n) is 3.53. The smallest absolute Gasteiger partial charge is 0.240 e. The molecular weight excluding hydrogens is 252 g/mol. The normalized spacial score (nSPS) is 11.8. The van der Waals surface area contributed by atoms with E-state index in [1.807, 2.05) is 49.6 Å². The van der Waals surface area contributed by atoms with Crippen LogP contribution in [0.15, 0.2) is 30.3 Å². The van der Waals surface area contributed by atoms with Gasteiger partial charge in [-0.2, -0.15) is 0 Å². The van der Waals surface area contributed by atoms with Crippen LogP contribution >= 0.6 is 0 Å². The third kappa shape index (κ3) is 3.20. The molecule has 4 nitrogen and oxygen atoms in total. The highest BCUT2D eigenvalue weighted by atomic mass is 16.3. The minimum Gasteiger partial charge on any atom is -0.396 e. The molecule has 1 amide bonds. The lowest BCUT2D eigenvalue weighted by Crippen LogP contribution is -2.45. The molecular formula is C16H22N2O2. The highest BCUT2D eigenvalue weighted by Crippen LogP contribution is 2.19. The molecule has 0 aliphatic carbocycles. The second-order valence-electron chi connectivity index (χ2n) is 5.84. The summed E-state index contributed by atoms with van der Waals surface area (Å²) in [6.45, 7) is 6.21. The van der Waals surface area contributed by atoms with E-state index in [0.29, 0.717) is 13.0 Å². The number of aliphatic hydroxyl groups excluding tert-OH is 1. The number of rotatable bonds is 5. The molecule has 0 aliphatic rings. The lowest BCUT2D eigenvalue weighted by molar-refractivity contribution is -0.123. The van der Waals surface area contributed by atoms with Crippen molar-refractivity contribution in [1.29, 1.82) is 0 Å². The average Bonchev–Trinajstić information content (AvgIpc) is 2.65. The minimum absolute atomic E-state index is 0.0343. The van der Waals surface area contributed by atoms with Crippen molar-refractivity contribution in [3.63, 3.8) is 0 Å². The maximum atomic E-state index is 12.2. The van der Waals surface area contributed by atoms with Gasteiger partial charge >= 0.3 is 0 Å². The molecule has 20 heavy (non-hydrogen) atoms. The van der Waals surface area contributed by atoms with E-state index >= 15 is 0 Å². The fraction of sp³-hybridized carbons (Fsp3) is 0.438. The number of para-hydroxylation sites is 1. The first-order chi connectivity index (χ1) is 9.43. The van der Waals surface area contributed by atoms with Gasteiger partial charge in [0.15, 0.2) is 0 Å². The molecule has 0 saturated carbocycles. The molecule has 0 bridgehead atoms. The van der Waals surface area contributed by atoms with E-state index in [9.17, 15) is 4.79 Å². The Bertz CT molecular complexity index is 614. The van der Waals surface area contributed by atoms with E-state index in [0.717, 1.165) is 16.6 Å². The molecule has 0 saturated heterocycles. The number of hydrogen-bond donors (Lipinski definition) is 2. The molecule has 2 aromatic rings. The number of aliphatic hydroxyl groups is 1. The van der Waals surface area contributed by atoms with Crippen LogP contribution in [-0.2, 0) is 11.3 Å². The maximum absolute atomic E-state index is 12.2. The van der Waals surface area contributed by atoms with Gasteiger partial charge in [-0.1, -0.05) is 18.2 Å². The van der Waals surface area contributed by atoms with E-state index in [2.05, 4.69) is 11.4 Å². The molecule has 0 spiro atoms. The van der Waals surface area contributed by atoms with Crippen LogP contribution in [0.25, 0.3) is 10.9 Å². The summed E-state index contributed by atoms with van der Waals surface area (Å²) in [5.74, 6) is -0.0343. The number of carbonyl (C=O) groups is 1. The van der Waals surface area contributed by atoms with E-state index in [1.54, 1.807) is 0 Å². The zero-order valence-electron chi connectivity index (χ0n) is 12.3. The fourth-order valence-corrected chi connectivity index (χ4v) is 2.46. The Kier molecular flexibility index (Phi) is 4.14. The Morgan fingerprint density at radius 2 is 2.05 bits per heavy atom. The van der Waals surface area contributed by atoms with Gasteiger partial charge < -0.3 is 15.0 Å². The molecule has 2 N–H and O–H groups in total. The number of amides is 1. The predicted octanol–water partition coefficient (Wildman–Crippen LogP) is 2.23. The van der Waals surface area contributed by atoms with Gasteiger partial charge in [-0.05, 0) is 44.7 Å². The van der Waals surface area contributed by atoms with Crippen molar-refractivity contribution in [2.24, 2.45) is 0 Å². The standard InChI is InChI=1S/C16H22N2O2/c1-12-10-13-6-4-5-7-14(13)18(12)11-15(20)17-16(2,3)8-9-19/h4-7,10,19H,8-9,11H2,1-3H3,(H,17,20).